The Hall–Kier alpha value is -2.54. The minimum Gasteiger partial charge on any atom is -0.481 e. The van der Waals surface area contributed by atoms with Gasteiger partial charge in [0.1, 0.15) is 5.75 Å². The minimum absolute atomic E-state index is 0.215. The van der Waals surface area contributed by atoms with E-state index in [9.17, 15) is 13.2 Å². The fourth-order valence-electron chi connectivity index (χ4n) is 2.74. The van der Waals surface area contributed by atoms with Crippen LogP contribution in [0.25, 0.3) is 0 Å². The number of hydrogen-bond acceptors (Lipinski definition) is 4. The van der Waals surface area contributed by atoms with E-state index in [1.807, 2.05) is 31.2 Å². The summed E-state index contributed by atoms with van der Waals surface area (Å²) in [6.07, 6.45) is 0.989. The molecule has 28 heavy (non-hydrogen) atoms. The van der Waals surface area contributed by atoms with E-state index < -0.39 is 16.1 Å². The fourth-order valence-corrected chi connectivity index (χ4v) is 3.24. The zero-order valence-electron chi connectivity index (χ0n) is 17.0. The van der Waals surface area contributed by atoms with Crippen LogP contribution >= 0.6 is 0 Å². The van der Waals surface area contributed by atoms with Crippen LogP contribution in [0.15, 0.2) is 48.5 Å². The van der Waals surface area contributed by atoms with Gasteiger partial charge in [0, 0.05) is 12.7 Å². The Morgan fingerprint density at radius 3 is 2.25 bits per heavy atom. The van der Waals surface area contributed by atoms with Crippen LogP contribution in [-0.4, -0.2) is 33.7 Å². The van der Waals surface area contributed by atoms with E-state index in [0.29, 0.717) is 17.9 Å². The van der Waals surface area contributed by atoms with Gasteiger partial charge in [-0.05, 0) is 48.2 Å². The van der Waals surface area contributed by atoms with E-state index in [-0.39, 0.29) is 11.8 Å². The summed E-state index contributed by atoms with van der Waals surface area (Å²) < 4.78 is 30.3. The second-order valence-electron chi connectivity index (χ2n) is 6.97. The summed E-state index contributed by atoms with van der Waals surface area (Å²) in [6.45, 7) is 6.03. The lowest BCUT2D eigenvalue weighted by Gasteiger charge is -2.20. The largest absolute Gasteiger partial charge is 0.481 e. The average molecular weight is 405 g/mol. The number of carbonyl (C=O) groups is 1. The summed E-state index contributed by atoms with van der Waals surface area (Å²) in [5.41, 5.74) is 2.38. The van der Waals surface area contributed by atoms with E-state index in [2.05, 4.69) is 19.2 Å². The molecule has 0 saturated heterocycles. The van der Waals surface area contributed by atoms with Crippen molar-refractivity contribution in [1.29, 1.82) is 0 Å². The summed E-state index contributed by atoms with van der Waals surface area (Å²) >= 11 is 0. The molecule has 1 N–H and O–H groups in total. The number of para-hydroxylation sites is 1. The first kappa shape index (κ1) is 21.8. The number of carbonyl (C=O) groups excluding carboxylic acids is 1. The molecule has 2 aromatic rings. The molecule has 0 spiro atoms. The SMILES string of the molecule is CC[C@@H](Oc1ccc(N(C)S(C)(=O)=O)cc1)C(=O)Nc1ccccc1C(C)C. The van der Waals surface area contributed by atoms with Crippen LogP contribution < -0.4 is 14.4 Å². The fraction of sp³-hybridized carbons (Fsp3) is 0.381. The van der Waals surface area contributed by atoms with Gasteiger partial charge in [0.05, 0.1) is 11.9 Å². The molecule has 0 aliphatic carbocycles. The average Bonchev–Trinajstić information content (AvgIpc) is 2.65. The van der Waals surface area contributed by atoms with Crippen LogP contribution in [0.2, 0.25) is 0 Å². The monoisotopic (exact) mass is 404 g/mol. The van der Waals surface area contributed by atoms with Gasteiger partial charge in [-0.15, -0.1) is 0 Å². The maximum absolute atomic E-state index is 12.7. The van der Waals surface area contributed by atoms with Crippen molar-refractivity contribution in [2.45, 2.75) is 39.2 Å². The highest BCUT2D eigenvalue weighted by Crippen LogP contribution is 2.25. The molecular weight excluding hydrogens is 376 g/mol. The molecule has 2 rings (SSSR count). The quantitative estimate of drug-likeness (QED) is 0.721. The number of nitrogens with zero attached hydrogens (tertiary/aromatic N) is 1. The van der Waals surface area contributed by atoms with Crippen molar-refractivity contribution in [1.82, 2.24) is 0 Å². The van der Waals surface area contributed by atoms with Gasteiger partial charge < -0.3 is 10.1 Å². The van der Waals surface area contributed by atoms with E-state index in [0.717, 1.165) is 17.5 Å². The number of ether oxygens (including phenoxy) is 1. The standard InChI is InChI=1S/C21H28N2O4S/c1-6-20(21(24)22-19-10-8-7-9-18(19)15(2)3)27-17-13-11-16(12-14-17)23(4)28(5,25)26/h7-15,20H,6H2,1-5H3,(H,22,24)/t20-/m1/s1. The minimum atomic E-state index is -3.33. The first-order valence-electron chi connectivity index (χ1n) is 9.24. The van der Waals surface area contributed by atoms with Crippen molar-refractivity contribution in [2.24, 2.45) is 0 Å². The second kappa shape index (κ2) is 9.10. The van der Waals surface area contributed by atoms with Gasteiger partial charge in [0.15, 0.2) is 6.10 Å². The molecule has 0 aliphatic heterocycles. The third-order valence-electron chi connectivity index (χ3n) is 4.48. The highest BCUT2D eigenvalue weighted by atomic mass is 32.2. The van der Waals surface area contributed by atoms with Crippen LogP contribution in [0.4, 0.5) is 11.4 Å². The number of rotatable bonds is 8. The number of anilines is 2. The van der Waals surface area contributed by atoms with Crippen LogP contribution in [0, 0.1) is 0 Å². The predicted molar refractivity (Wildman–Crippen MR) is 114 cm³/mol. The van der Waals surface area contributed by atoms with Gasteiger partial charge in [-0.1, -0.05) is 39.0 Å². The van der Waals surface area contributed by atoms with Crippen LogP contribution in [0.3, 0.4) is 0 Å². The predicted octanol–water partition coefficient (Wildman–Crippen LogP) is 4.00. The normalized spacial score (nSPS) is 12.5. The van der Waals surface area contributed by atoms with Crippen molar-refractivity contribution >= 4 is 27.3 Å². The maximum atomic E-state index is 12.7. The molecule has 1 atom stereocenters. The molecule has 1 amide bonds. The summed E-state index contributed by atoms with van der Waals surface area (Å²) in [4.78, 5) is 12.7. The molecule has 0 radical (unpaired) electrons. The number of amides is 1. The highest BCUT2D eigenvalue weighted by molar-refractivity contribution is 7.92. The van der Waals surface area contributed by atoms with Gasteiger partial charge in [-0.3, -0.25) is 9.10 Å². The topological polar surface area (TPSA) is 75.7 Å². The Kier molecular flexibility index (Phi) is 7.07. The van der Waals surface area contributed by atoms with Crippen molar-refractivity contribution in [2.75, 3.05) is 22.9 Å². The molecule has 0 heterocycles. The Morgan fingerprint density at radius 1 is 1.11 bits per heavy atom. The van der Waals surface area contributed by atoms with Crippen molar-refractivity contribution in [3.8, 4) is 5.75 Å². The summed E-state index contributed by atoms with van der Waals surface area (Å²) in [6, 6.07) is 14.3. The zero-order chi connectivity index (χ0) is 20.9. The molecule has 7 heteroatoms. The molecule has 0 aliphatic rings. The molecule has 0 saturated carbocycles. The Labute approximate surface area is 167 Å². The van der Waals surface area contributed by atoms with E-state index in [4.69, 9.17) is 4.74 Å². The van der Waals surface area contributed by atoms with Gasteiger partial charge >= 0.3 is 0 Å². The molecule has 152 valence electrons. The third kappa shape index (κ3) is 5.48. The zero-order valence-corrected chi connectivity index (χ0v) is 17.8. The third-order valence-corrected chi connectivity index (χ3v) is 5.69. The lowest BCUT2D eigenvalue weighted by Crippen LogP contribution is -2.32. The lowest BCUT2D eigenvalue weighted by atomic mass is 10.0. The van der Waals surface area contributed by atoms with Gasteiger partial charge in [0.2, 0.25) is 10.0 Å². The first-order chi connectivity index (χ1) is 13.1. The van der Waals surface area contributed by atoms with E-state index in [1.165, 1.54) is 11.4 Å². The Morgan fingerprint density at radius 2 is 1.71 bits per heavy atom. The molecule has 0 bridgehead atoms. The van der Waals surface area contributed by atoms with Crippen molar-refractivity contribution in [3.63, 3.8) is 0 Å². The Bertz CT molecular complexity index is 908. The summed E-state index contributed by atoms with van der Waals surface area (Å²) in [5.74, 6) is 0.578. The molecule has 2 aromatic carbocycles. The van der Waals surface area contributed by atoms with Gasteiger partial charge in [0.25, 0.3) is 5.91 Å². The molecule has 0 unspecified atom stereocenters. The van der Waals surface area contributed by atoms with Crippen LogP contribution in [0.1, 0.15) is 38.7 Å². The second-order valence-corrected chi connectivity index (χ2v) is 8.98. The lowest BCUT2D eigenvalue weighted by molar-refractivity contribution is -0.122. The first-order valence-corrected chi connectivity index (χ1v) is 11.1. The number of benzene rings is 2. The van der Waals surface area contributed by atoms with Gasteiger partial charge in [-0.25, -0.2) is 8.42 Å². The van der Waals surface area contributed by atoms with Crippen molar-refractivity contribution in [3.05, 3.63) is 54.1 Å². The molecular formula is C21H28N2O4S. The number of nitrogens with one attached hydrogen (secondary N) is 1. The van der Waals surface area contributed by atoms with Crippen LogP contribution in [-0.2, 0) is 14.8 Å². The molecule has 6 nitrogen and oxygen atoms in total. The van der Waals surface area contributed by atoms with Crippen LogP contribution in [0.5, 0.6) is 5.75 Å². The molecule has 0 fully saturated rings. The number of hydrogen-bond donors (Lipinski definition) is 1. The van der Waals surface area contributed by atoms with Gasteiger partial charge in [-0.2, -0.15) is 0 Å². The summed E-state index contributed by atoms with van der Waals surface area (Å²) in [5, 5.41) is 2.96. The van der Waals surface area contributed by atoms with E-state index >= 15 is 0 Å². The van der Waals surface area contributed by atoms with Crippen molar-refractivity contribution < 1.29 is 17.9 Å². The summed E-state index contributed by atoms with van der Waals surface area (Å²) in [7, 11) is -1.84. The van der Waals surface area contributed by atoms with E-state index in [1.54, 1.807) is 24.3 Å². The molecule has 0 aromatic heterocycles. The number of sulfonamides is 1. The Balaban J connectivity index is 2.11. The smallest absolute Gasteiger partial charge is 0.265 e. The maximum Gasteiger partial charge on any atom is 0.265 e. The highest BCUT2D eigenvalue weighted by Gasteiger charge is 2.20.